The zero-order valence-corrected chi connectivity index (χ0v) is 16.7. The molecule has 1 fully saturated rings. The van der Waals surface area contributed by atoms with E-state index in [2.05, 4.69) is 6.92 Å². The lowest BCUT2D eigenvalue weighted by atomic mass is 9.88. The van der Waals surface area contributed by atoms with Crippen molar-refractivity contribution in [2.24, 2.45) is 5.92 Å². The van der Waals surface area contributed by atoms with Gasteiger partial charge in [0, 0.05) is 6.26 Å². The van der Waals surface area contributed by atoms with Gasteiger partial charge in [-0.25, -0.2) is 12.8 Å². The minimum atomic E-state index is -3.14. The maximum absolute atomic E-state index is 13.3. The Balaban J connectivity index is 1.62. The SMILES string of the molecule is C[C@@H](CC1CC[C@@H](c2ccc(S(C)(=O)=O)cc2)C1)c1ccc(F)c(Cl)c1. The summed E-state index contributed by atoms with van der Waals surface area (Å²) in [5, 5.41) is 0.185. The van der Waals surface area contributed by atoms with Gasteiger partial charge in [0.25, 0.3) is 0 Å². The van der Waals surface area contributed by atoms with Crippen LogP contribution >= 0.6 is 11.6 Å². The van der Waals surface area contributed by atoms with E-state index in [0.717, 1.165) is 31.2 Å². The van der Waals surface area contributed by atoms with Crippen molar-refractivity contribution in [1.82, 2.24) is 0 Å². The fraction of sp³-hybridized carbons (Fsp3) is 0.429. The van der Waals surface area contributed by atoms with Crippen LogP contribution in [0.2, 0.25) is 5.02 Å². The van der Waals surface area contributed by atoms with E-state index in [1.54, 1.807) is 18.2 Å². The Morgan fingerprint density at radius 1 is 1.15 bits per heavy atom. The molecule has 0 aromatic heterocycles. The van der Waals surface area contributed by atoms with E-state index in [1.807, 2.05) is 18.2 Å². The largest absolute Gasteiger partial charge is 0.224 e. The first-order valence-corrected chi connectivity index (χ1v) is 11.3. The summed E-state index contributed by atoms with van der Waals surface area (Å²) in [6.45, 7) is 2.16. The highest BCUT2D eigenvalue weighted by Crippen LogP contribution is 2.42. The van der Waals surface area contributed by atoms with Gasteiger partial charge < -0.3 is 0 Å². The predicted octanol–water partition coefficient (Wildman–Crippen LogP) is 5.96. The summed E-state index contributed by atoms with van der Waals surface area (Å²) in [6, 6.07) is 12.3. The first-order valence-electron chi connectivity index (χ1n) is 8.99. The molecule has 0 saturated heterocycles. The molecule has 26 heavy (non-hydrogen) atoms. The fourth-order valence-corrected chi connectivity index (χ4v) is 4.85. The molecule has 0 radical (unpaired) electrons. The Morgan fingerprint density at radius 2 is 1.85 bits per heavy atom. The van der Waals surface area contributed by atoms with Gasteiger partial charge in [0.2, 0.25) is 0 Å². The van der Waals surface area contributed by atoms with Crippen LogP contribution in [0.4, 0.5) is 4.39 Å². The van der Waals surface area contributed by atoms with E-state index < -0.39 is 9.84 Å². The van der Waals surface area contributed by atoms with Crippen molar-refractivity contribution in [1.29, 1.82) is 0 Å². The van der Waals surface area contributed by atoms with Crippen LogP contribution in [-0.4, -0.2) is 14.7 Å². The number of halogens is 2. The quantitative estimate of drug-likeness (QED) is 0.626. The molecule has 0 heterocycles. The fourth-order valence-electron chi connectivity index (χ4n) is 4.03. The number of hydrogen-bond acceptors (Lipinski definition) is 2. The smallest absolute Gasteiger partial charge is 0.175 e. The molecule has 0 bridgehead atoms. The molecule has 2 nitrogen and oxygen atoms in total. The third kappa shape index (κ3) is 4.47. The standard InChI is InChI=1S/C21H24ClFO2S/c1-14(17-7-10-21(23)20(22)13-17)11-15-3-4-18(12-15)16-5-8-19(9-6-16)26(2,24)25/h5-10,13-15,18H,3-4,11-12H2,1-2H3/t14-,15?,18+/m0/s1. The molecule has 2 aromatic rings. The maximum Gasteiger partial charge on any atom is 0.175 e. The summed E-state index contributed by atoms with van der Waals surface area (Å²) < 4.78 is 36.5. The first-order chi connectivity index (χ1) is 12.2. The van der Waals surface area contributed by atoms with E-state index in [9.17, 15) is 12.8 Å². The van der Waals surface area contributed by atoms with Crippen molar-refractivity contribution < 1.29 is 12.8 Å². The second kappa shape index (κ2) is 7.69. The van der Waals surface area contributed by atoms with E-state index in [-0.39, 0.29) is 10.8 Å². The van der Waals surface area contributed by atoms with Gasteiger partial charge in [-0.3, -0.25) is 0 Å². The molecule has 0 amide bonds. The minimum Gasteiger partial charge on any atom is -0.224 e. The van der Waals surface area contributed by atoms with Gasteiger partial charge >= 0.3 is 0 Å². The Bertz CT molecular complexity index is 877. The zero-order valence-electron chi connectivity index (χ0n) is 15.1. The molecule has 1 saturated carbocycles. The van der Waals surface area contributed by atoms with Crippen molar-refractivity contribution >= 4 is 21.4 Å². The van der Waals surface area contributed by atoms with Crippen LogP contribution < -0.4 is 0 Å². The monoisotopic (exact) mass is 394 g/mol. The highest BCUT2D eigenvalue weighted by molar-refractivity contribution is 7.90. The van der Waals surface area contributed by atoms with Crippen LogP contribution in [0.1, 0.15) is 55.6 Å². The lowest BCUT2D eigenvalue weighted by Crippen LogP contribution is -2.03. The summed E-state index contributed by atoms with van der Waals surface area (Å²) in [7, 11) is -3.14. The molecule has 0 spiro atoms. The summed E-state index contributed by atoms with van der Waals surface area (Å²) in [5.74, 6) is 1.07. The van der Waals surface area contributed by atoms with Crippen LogP contribution in [0, 0.1) is 11.7 Å². The van der Waals surface area contributed by atoms with Crippen molar-refractivity contribution in [3.63, 3.8) is 0 Å². The lowest BCUT2D eigenvalue weighted by molar-refractivity contribution is 0.454. The number of hydrogen-bond donors (Lipinski definition) is 0. The predicted molar refractivity (Wildman–Crippen MR) is 104 cm³/mol. The van der Waals surface area contributed by atoms with Gasteiger partial charge in [0.15, 0.2) is 9.84 Å². The molecule has 5 heteroatoms. The van der Waals surface area contributed by atoms with Gasteiger partial charge in [-0.05, 0) is 78.8 Å². The van der Waals surface area contributed by atoms with E-state index >= 15 is 0 Å². The molecule has 0 aliphatic heterocycles. The zero-order chi connectivity index (χ0) is 18.9. The number of benzene rings is 2. The molecule has 1 aliphatic rings. The summed E-state index contributed by atoms with van der Waals surface area (Å²) in [6.07, 6.45) is 5.69. The highest BCUT2D eigenvalue weighted by atomic mass is 35.5. The Labute approximate surface area is 160 Å². The van der Waals surface area contributed by atoms with Crippen molar-refractivity contribution in [2.45, 2.75) is 49.3 Å². The average molecular weight is 395 g/mol. The third-order valence-electron chi connectivity index (χ3n) is 5.52. The summed E-state index contributed by atoms with van der Waals surface area (Å²) in [4.78, 5) is 0.373. The van der Waals surface area contributed by atoms with Crippen molar-refractivity contribution in [3.05, 3.63) is 64.4 Å². The van der Waals surface area contributed by atoms with Gasteiger partial charge in [0.1, 0.15) is 5.82 Å². The Morgan fingerprint density at radius 3 is 2.46 bits per heavy atom. The van der Waals surface area contributed by atoms with E-state index in [0.29, 0.717) is 22.6 Å². The third-order valence-corrected chi connectivity index (χ3v) is 6.94. The summed E-state index contributed by atoms with van der Waals surface area (Å²) >= 11 is 5.90. The van der Waals surface area contributed by atoms with Crippen LogP contribution in [-0.2, 0) is 9.84 Å². The second-order valence-electron chi connectivity index (χ2n) is 7.53. The van der Waals surface area contributed by atoms with Crippen LogP contribution in [0.3, 0.4) is 0 Å². The van der Waals surface area contributed by atoms with Gasteiger partial charge in [-0.2, -0.15) is 0 Å². The van der Waals surface area contributed by atoms with E-state index in [1.165, 1.54) is 17.9 Å². The molecule has 3 rings (SSSR count). The van der Waals surface area contributed by atoms with Crippen molar-refractivity contribution in [2.75, 3.05) is 6.26 Å². The molecule has 0 N–H and O–H groups in total. The van der Waals surface area contributed by atoms with Crippen LogP contribution in [0.5, 0.6) is 0 Å². The van der Waals surface area contributed by atoms with Crippen molar-refractivity contribution in [3.8, 4) is 0 Å². The summed E-state index contributed by atoms with van der Waals surface area (Å²) in [5.41, 5.74) is 2.30. The lowest BCUT2D eigenvalue weighted by Gasteiger charge is -2.18. The number of rotatable bonds is 5. The number of sulfone groups is 1. The second-order valence-corrected chi connectivity index (χ2v) is 9.95. The molecule has 1 aliphatic carbocycles. The molecular formula is C21H24ClFO2S. The Hall–Kier alpha value is -1.39. The maximum atomic E-state index is 13.3. The van der Waals surface area contributed by atoms with Crippen LogP contribution in [0.15, 0.2) is 47.4 Å². The topological polar surface area (TPSA) is 34.1 Å². The molecular weight excluding hydrogens is 371 g/mol. The molecule has 2 aromatic carbocycles. The molecule has 140 valence electrons. The van der Waals surface area contributed by atoms with Gasteiger partial charge in [-0.15, -0.1) is 0 Å². The average Bonchev–Trinajstić information content (AvgIpc) is 3.05. The molecule has 1 unspecified atom stereocenters. The van der Waals surface area contributed by atoms with Crippen LogP contribution in [0.25, 0.3) is 0 Å². The Kier molecular flexibility index (Phi) is 5.73. The highest BCUT2D eigenvalue weighted by Gasteiger charge is 2.27. The van der Waals surface area contributed by atoms with Gasteiger partial charge in [-0.1, -0.05) is 36.7 Å². The minimum absolute atomic E-state index is 0.185. The normalized spacial score (nSPS) is 21.7. The van der Waals surface area contributed by atoms with Gasteiger partial charge in [0.05, 0.1) is 9.92 Å². The van der Waals surface area contributed by atoms with E-state index in [4.69, 9.17) is 11.6 Å². The molecule has 3 atom stereocenters. The first kappa shape index (κ1) is 19.4.